The lowest BCUT2D eigenvalue weighted by molar-refractivity contribution is -0.0817. The zero-order chi connectivity index (χ0) is 11.0. The summed E-state index contributed by atoms with van der Waals surface area (Å²) in [5.74, 6) is 0.415. The van der Waals surface area contributed by atoms with Crippen LogP contribution in [-0.4, -0.2) is 17.5 Å². The van der Waals surface area contributed by atoms with Gasteiger partial charge in [-0.2, -0.15) is 0 Å². The predicted octanol–water partition coefficient (Wildman–Crippen LogP) is 2.38. The molecule has 0 fully saturated rings. The van der Waals surface area contributed by atoms with Gasteiger partial charge in [-0.15, -0.1) is 0 Å². The van der Waals surface area contributed by atoms with Gasteiger partial charge < -0.3 is 9.84 Å². The molecule has 16 heavy (non-hydrogen) atoms. The Labute approximate surface area is 95.6 Å². The van der Waals surface area contributed by atoms with Gasteiger partial charge in [-0.1, -0.05) is 30.3 Å². The zero-order valence-corrected chi connectivity index (χ0v) is 9.17. The molecule has 0 saturated carbocycles. The summed E-state index contributed by atoms with van der Waals surface area (Å²) < 4.78 is 5.50. The molecule has 2 nitrogen and oxygen atoms in total. The monoisotopic (exact) mass is 216 g/mol. The van der Waals surface area contributed by atoms with Gasteiger partial charge in [-0.25, -0.2) is 0 Å². The first-order valence-corrected chi connectivity index (χ1v) is 5.94. The van der Waals surface area contributed by atoms with E-state index in [1.54, 1.807) is 6.08 Å². The second-order valence-electron chi connectivity index (χ2n) is 4.57. The van der Waals surface area contributed by atoms with Gasteiger partial charge in [-0.3, -0.25) is 0 Å². The van der Waals surface area contributed by atoms with Gasteiger partial charge in [0.2, 0.25) is 0 Å². The molecular formula is C14H16O2. The summed E-state index contributed by atoms with van der Waals surface area (Å²) in [4.78, 5) is 0. The van der Waals surface area contributed by atoms with Crippen LogP contribution in [0.2, 0.25) is 0 Å². The summed E-state index contributed by atoms with van der Waals surface area (Å²) >= 11 is 0. The number of rotatable bonds is 1. The number of aliphatic hydroxyl groups excluding tert-OH is 1. The molecule has 3 atom stereocenters. The lowest BCUT2D eigenvalue weighted by Crippen LogP contribution is -2.23. The summed E-state index contributed by atoms with van der Waals surface area (Å²) in [6.45, 7) is 0. The van der Waals surface area contributed by atoms with E-state index in [0.717, 1.165) is 6.42 Å². The lowest BCUT2D eigenvalue weighted by Gasteiger charge is -2.29. The highest BCUT2D eigenvalue weighted by molar-refractivity contribution is 5.34. The smallest absolute Gasteiger partial charge is 0.174 e. The maximum absolute atomic E-state index is 9.37. The van der Waals surface area contributed by atoms with E-state index < -0.39 is 6.29 Å². The molecule has 84 valence electrons. The number of hydrogen-bond donors (Lipinski definition) is 1. The normalized spacial score (nSPS) is 32.7. The van der Waals surface area contributed by atoms with Crippen molar-refractivity contribution in [3.05, 3.63) is 47.5 Å². The van der Waals surface area contributed by atoms with Crippen molar-refractivity contribution < 1.29 is 9.84 Å². The lowest BCUT2D eigenvalue weighted by atomic mass is 9.80. The van der Waals surface area contributed by atoms with E-state index in [-0.39, 0.29) is 6.10 Å². The summed E-state index contributed by atoms with van der Waals surface area (Å²) in [5, 5.41) is 9.37. The van der Waals surface area contributed by atoms with Crippen LogP contribution < -0.4 is 0 Å². The van der Waals surface area contributed by atoms with Crippen molar-refractivity contribution in [2.45, 2.75) is 37.6 Å². The van der Waals surface area contributed by atoms with Crippen LogP contribution in [0.1, 0.15) is 29.9 Å². The molecule has 0 spiro atoms. The van der Waals surface area contributed by atoms with Gasteiger partial charge in [-0.05, 0) is 36.5 Å². The Morgan fingerprint density at radius 3 is 2.88 bits per heavy atom. The average Bonchev–Trinajstić information content (AvgIpc) is 2.75. The molecule has 2 aliphatic rings. The molecule has 1 heterocycles. The minimum atomic E-state index is -0.709. The molecule has 1 N–H and O–H groups in total. The summed E-state index contributed by atoms with van der Waals surface area (Å²) in [6.07, 6.45) is 6.62. The number of ether oxygens (including phenoxy) is 1. The Hall–Kier alpha value is -1.12. The topological polar surface area (TPSA) is 29.5 Å². The van der Waals surface area contributed by atoms with Crippen LogP contribution in [0, 0.1) is 0 Å². The molecule has 0 radical (unpaired) electrons. The summed E-state index contributed by atoms with van der Waals surface area (Å²) in [7, 11) is 0. The van der Waals surface area contributed by atoms with Crippen molar-refractivity contribution in [2.75, 3.05) is 0 Å². The predicted molar refractivity (Wildman–Crippen MR) is 62.1 cm³/mol. The van der Waals surface area contributed by atoms with E-state index in [4.69, 9.17) is 4.74 Å². The van der Waals surface area contributed by atoms with E-state index in [9.17, 15) is 5.11 Å². The molecule has 0 amide bonds. The third-order valence-electron chi connectivity index (χ3n) is 3.57. The Kier molecular flexibility index (Phi) is 2.54. The zero-order valence-electron chi connectivity index (χ0n) is 9.17. The van der Waals surface area contributed by atoms with E-state index in [0.29, 0.717) is 5.92 Å². The summed E-state index contributed by atoms with van der Waals surface area (Å²) in [5.41, 5.74) is 2.84. The molecule has 0 bridgehead atoms. The molecule has 2 heteroatoms. The van der Waals surface area contributed by atoms with Crippen molar-refractivity contribution >= 4 is 0 Å². The molecule has 1 unspecified atom stereocenters. The maximum Gasteiger partial charge on any atom is 0.174 e. The number of aryl methyl sites for hydroxylation is 1. The Balaban J connectivity index is 1.90. The van der Waals surface area contributed by atoms with Crippen molar-refractivity contribution in [2.24, 2.45) is 0 Å². The second-order valence-corrected chi connectivity index (χ2v) is 4.57. The van der Waals surface area contributed by atoms with Gasteiger partial charge in [0, 0.05) is 5.92 Å². The van der Waals surface area contributed by atoms with Crippen LogP contribution in [0.25, 0.3) is 0 Å². The number of fused-ring (bicyclic) bond motifs is 1. The van der Waals surface area contributed by atoms with Crippen molar-refractivity contribution in [3.63, 3.8) is 0 Å². The summed E-state index contributed by atoms with van der Waals surface area (Å²) in [6, 6.07) is 8.59. The van der Waals surface area contributed by atoms with Crippen LogP contribution in [-0.2, 0) is 11.2 Å². The third kappa shape index (κ3) is 1.68. The fourth-order valence-electron chi connectivity index (χ4n) is 2.82. The number of benzene rings is 1. The highest BCUT2D eigenvalue weighted by Crippen LogP contribution is 2.37. The minimum absolute atomic E-state index is 0.0523. The first kappa shape index (κ1) is 10.1. The van der Waals surface area contributed by atoms with Gasteiger partial charge in [0.05, 0.1) is 6.10 Å². The Morgan fingerprint density at radius 1 is 1.19 bits per heavy atom. The molecule has 0 saturated heterocycles. The first-order valence-electron chi connectivity index (χ1n) is 5.94. The standard InChI is InChI=1S/C14H16O2/c15-14-9-8-13(16-14)12-7-3-5-10-4-1-2-6-11(10)12/h1-2,4,6,8-9,12-15H,3,5,7H2/t12-,13+,14?/m1/s1. The molecule has 1 aromatic carbocycles. The van der Waals surface area contributed by atoms with Crippen LogP contribution in [0.5, 0.6) is 0 Å². The largest absolute Gasteiger partial charge is 0.365 e. The Bertz CT molecular complexity index is 411. The highest BCUT2D eigenvalue weighted by Gasteiger charge is 2.30. The maximum atomic E-state index is 9.37. The van der Waals surface area contributed by atoms with Gasteiger partial charge in [0.1, 0.15) is 0 Å². The molecule has 1 aromatic rings. The SMILES string of the molecule is OC1C=C[C@@H]([C@@H]2CCCc3ccccc32)O1. The van der Waals surface area contributed by atoms with Gasteiger partial charge in [0.25, 0.3) is 0 Å². The highest BCUT2D eigenvalue weighted by atomic mass is 16.6. The Morgan fingerprint density at radius 2 is 2.06 bits per heavy atom. The van der Waals surface area contributed by atoms with Crippen molar-refractivity contribution in [3.8, 4) is 0 Å². The van der Waals surface area contributed by atoms with Crippen LogP contribution in [0.15, 0.2) is 36.4 Å². The quantitative estimate of drug-likeness (QED) is 0.730. The van der Waals surface area contributed by atoms with E-state index in [2.05, 4.69) is 24.3 Å². The van der Waals surface area contributed by atoms with E-state index >= 15 is 0 Å². The first-order chi connectivity index (χ1) is 7.84. The molecule has 3 rings (SSSR count). The van der Waals surface area contributed by atoms with Gasteiger partial charge >= 0.3 is 0 Å². The van der Waals surface area contributed by atoms with Crippen LogP contribution >= 0.6 is 0 Å². The molecular weight excluding hydrogens is 200 g/mol. The molecule has 1 aliphatic carbocycles. The van der Waals surface area contributed by atoms with Crippen LogP contribution in [0.4, 0.5) is 0 Å². The minimum Gasteiger partial charge on any atom is -0.365 e. The second kappa shape index (κ2) is 4.04. The third-order valence-corrected chi connectivity index (χ3v) is 3.57. The number of aliphatic hydroxyl groups is 1. The fourth-order valence-corrected chi connectivity index (χ4v) is 2.82. The number of hydrogen-bond acceptors (Lipinski definition) is 2. The van der Waals surface area contributed by atoms with E-state index in [1.807, 2.05) is 6.08 Å². The van der Waals surface area contributed by atoms with Crippen molar-refractivity contribution in [1.29, 1.82) is 0 Å². The van der Waals surface area contributed by atoms with Gasteiger partial charge in [0.15, 0.2) is 6.29 Å². The fraction of sp³-hybridized carbons (Fsp3) is 0.429. The molecule has 1 aliphatic heterocycles. The van der Waals surface area contributed by atoms with Crippen molar-refractivity contribution in [1.82, 2.24) is 0 Å². The van der Waals surface area contributed by atoms with E-state index in [1.165, 1.54) is 24.0 Å². The van der Waals surface area contributed by atoms with Crippen LogP contribution in [0.3, 0.4) is 0 Å². The molecule has 0 aromatic heterocycles. The average molecular weight is 216 g/mol.